The largest absolute Gasteiger partial charge is 0.434 e. The standard InChI is InChI=1S/C10H7NO3/c12-9(7-2-1-4-11-6-7)8-3-5-14-10(8)13/h1-6,8H. The molecule has 0 radical (unpaired) electrons. The predicted molar refractivity (Wildman–Crippen MR) is 47.3 cm³/mol. The maximum atomic E-state index is 11.7. The Kier molecular flexibility index (Phi) is 2.10. The number of esters is 1. The Hall–Kier alpha value is -1.97. The van der Waals surface area contributed by atoms with Crippen LogP contribution < -0.4 is 0 Å². The summed E-state index contributed by atoms with van der Waals surface area (Å²) >= 11 is 0. The molecule has 1 unspecified atom stereocenters. The highest BCUT2D eigenvalue weighted by Crippen LogP contribution is 2.16. The Bertz CT molecular complexity index is 397. The molecular weight excluding hydrogens is 182 g/mol. The second kappa shape index (κ2) is 3.41. The number of ether oxygens (including phenoxy) is 1. The Balaban J connectivity index is 2.25. The summed E-state index contributed by atoms with van der Waals surface area (Å²) in [5.74, 6) is -1.62. The van der Waals surface area contributed by atoms with Gasteiger partial charge in [-0.3, -0.25) is 14.6 Å². The van der Waals surface area contributed by atoms with E-state index in [1.165, 1.54) is 18.5 Å². The highest BCUT2D eigenvalue weighted by molar-refractivity contribution is 6.10. The molecule has 1 aliphatic heterocycles. The van der Waals surface area contributed by atoms with Gasteiger partial charge in [0.05, 0.1) is 6.26 Å². The number of rotatable bonds is 2. The van der Waals surface area contributed by atoms with Crippen molar-refractivity contribution in [3.05, 3.63) is 42.4 Å². The lowest BCUT2D eigenvalue weighted by atomic mass is 10.0. The van der Waals surface area contributed by atoms with Crippen LogP contribution in [0.4, 0.5) is 0 Å². The van der Waals surface area contributed by atoms with Gasteiger partial charge in [-0.1, -0.05) is 0 Å². The molecule has 70 valence electrons. The van der Waals surface area contributed by atoms with Crippen molar-refractivity contribution in [1.29, 1.82) is 0 Å². The summed E-state index contributed by atoms with van der Waals surface area (Å²) in [7, 11) is 0. The summed E-state index contributed by atoms with van der Waals surface area (Å²) < 4.78 is 4.55. The molecule has 1 atom stereocenters. The maximum absolute atomic E-state index is 11.7. The van der Waals surface area contributed by atoms with Gasteiger partial charge in [0.2, 0.25) is 0 Å². The topological polar surface area (TPSA) is 56.3 Å². The second-order valence-electron chi connectivity index (χ2n) is 2.85. The first kappa shape index (κ1) is 8.62. The molecule has 0 N–H and O–H groups in total. The van der Waals surface area contributed by atoms with Crippen molar-refractivity contribution < 1.29 is 14.3 Å². The van der Waals surface area contributed by atoms with E-state index in [1.54, 1.807) is 18.3 Å². The fourth-order valence-electron chi connectivity index (χ4n) is 1.22. The molecule has 4 nitrogen and oxygen atoms in total. The predicted octanol–water partition coefficient (Wildman–Crippen LogP) is 0.951. The molecular formula is C10H7NO3. The van der Waals surface area contributed by atoms with Crippen molar-refractivity contribution in [3.63, 3.8) is 0 Å². The SMILES string of the molecule is O=C1OC=CC1C(=O)c1cccnc1. The molecule has 2 heterocycles. The van der Waals surface area contributed by atoms with Crippen LogP contribution in [0.3, 0.4) is 0 Å². The van der Waals surface area contributed by atoms with Gasteiger partial charge in [-0.2, -0.15) is 0 Å². The molecule has 0 bridgehead atoms. The normalized spacial score (nSPS) is 19.4. The molecule has 0 aromatic carbocycles. The lowest BCUT2D eigenvalue weighted by Gasteiger charge is -2.02. The maximum Gasteiger partial charge on any atom is 0.325 e. The number of carbonyl (C=O) groups is 2. The molecule has 4 heteroatoms. The molecule has 0 fully saturated rings. The van der Waals surface area contributed by atoms with Gasteiger partial charge in [-0.25, -0.2) is 0 Å². The number of hydrogen-bond donors (Lipinski definition) is 0. The molecule has 1 aliphatic rings. The number of ketones is 1. The average molecular weight is 189 g/mol. The van der Waals surface area contributed by atoms with Crippen molar-refractivity contribution in [3.8, 4) is 0 Å². The van der Waals surface area contributed by atoms with Crippen LogP contribution in [0.2, 0.25) is 0 Å². The van der Waals surface area contributed by atoms with Crippen LogP contribution >= 0.6 is 0 Å². The van der Waals surface area contributed by atoms with E-state index < -0.39 is 11.9 Å². The smallest absolute Gasteiger partial charge is 0.325 e. The van der Waals surface area contributed by atoms with E-state index in [9.17, 15) is 9.59 Å². The Morgan fingerprint density at radius 3 is 2.93 bits per heavy atom. The summed E-state index contributed by atoms with van der Waals surface area (Å²) in [6, 6.07) is 3.27. The molecule has 1 aromatic heterocycles. The monoisotopic (exact) mass is 189 g/mol. The van der Waals surface area contributed by atoms with Crippen LogP contribution in [0.5, 0.6) is 0 Å². The van der Waals surface area contributed by atoms with Crippen molar-refractivity contribution in [2.75, 3.05) is 0 Å². The highest BCUT2D eigenvalue weighted by Gasteiger charge is 2.29. The summed E-state index contributed by atoms with van der Waals surface area (Å²) in [5.41, 5.74) is 0.418. The Labute approximate surface area is 80.2 Å². The zero-order valence-corrected chi connectivity index (χ0v) is 7.21. The Morgan fingerprint density at radius 2 is 2.36 bits per heavy atom. The first-order valence-electron chi connectivity index (χ1n) is 4.10. The minimum absolute atomic E-state index is 0.281. The van der Waals surface area contributed by atoms with Crippen molar-refractivity contribution in [2.45, 2.75) is 0 Å². The van der Waals surface area contributed by atoms with E-state index in [1.807, 2.05) is 0 Å². The number of cyclic esters (lactones) is 1. The summed E-state index contributed by atoms with van der Waals surface area (Å²) in [4.78, 5) is 26.5. The van der Waals surface area contributed by atoms with Gasteiger partial charge in [0.25, 0.3) is 0 Å². The molecule has 0 aliphatic carbocycles. The number of hydrogen-bond acceptors (Lipinski definition) is 4. The molecule has 0 saturated heterocycles. The van der Waals surface area contributed by atoms with E-state index in [0.717, 1.165) is 0 Å². The van der Waals surface area contributed by atoms with E-state index in [4.69, 9.17) is 0 Å². The molecule has 2 rings (SSSR count). The molecule has 0 saturated carbocycles. The minimum Gasteiger partial charge on any atom is -0.434 e. The van der Waals surface area contributed by atoms with Gasteiger partial charge >= 0.3 is 5.97 Å². The van der Waals surface area contributed by atoms with Gasteiger partial charge in [0, 0.05) is 18.0 Å². The zero-order valence-electron chi connectivity index (χ0n) is 7.21. The van der Waals surface area contributed by atoms with Crippen LogP contribution in [0.15, 0.2) is 36.9 Å². The van der Waals surface area contributed by atoms with Crippen molar-refractivity contribution in [2.24, 2.45) is 5.92 Å². The summed E-state index contributed by atoms with van der Waals surface area (Å²) in [5, 5.41) is 0. The molecule has 0 amide bonds. The fraction of sp³-hybridized carbons (Fsp3) is 0.100. The first-order chi connectivity index (χ1) is 6.79. The van der Waals surface area contributed by atoms with Crippen LogP contribution in [0.1, 0.15) is 10.4 Å². The van der Waals surface area contributed by atoms with E-state index in [-0.39, 0.29) is 5.78 Å². The van der Waals surface area contributed by atoms with E-state index in [0.29, 0.717) is 5.56 Å². The average Bonchev–Trinajstić information content (AvgIpc) is 2.65. The van der Waals surface area contributed by atoms with Crippen molar-refractivity contribution >= 4 is 11.8 Å². The van der Waals surface area contributed by atoms with Gasteiger partial charge < -0.3 is 4.74 Å². The first-order valence-corrected chi connectivity index (χ1v) is 4.10. The molecule has 0 spiro atoms. The molecule has 14 heavy (non-hydrogen) atoms. The number of nitrogens with zero attached hydrogens (tertiary/aromatic N) is 1. The third-order valence-electron chi connectivity index (χ3n) is 1.94. The van der Waals surface area contributed by atoms with Gasteiger partial charge in [-0.15, -0.1) is 0 Å². The lowest BCUT2D eigenvalue weighted by molar-refractivity contribution is -0.137. The zero-order chi connectivity index (χ0) is 9.97. The highest BCUT2D eigenvalue weighted by atomic mass is 16.5. The van der Waals surface area contributed by atoms with E-state index in [2.05, 4.69) is 9.72 Å². The van der Waals surface area contributed by atoms with E-state index >= 15 is 0 Å². The minimum atomic E-state index is -0.806. The Morgan fingerprint density at radius 1 is 1.50 bits per heavy atom. The number of pyridine rings is 1. The third kappa shape index (κ3) is 1.42. The van der Waals surface area contributed by atoms with Gasteiger partial charge in [-0.05, 0) is 18.2 Å². The number of Topliss-reactive ketones (excluding diaryl/α,β-unsaturated/α-hetero) is 1. The fourth-order valence-corrected chi connectivity index (χ4v) is 1.22. The summed E-state index contributed by atoms with van der Waals surface area (Å²) in [6.45, 7) is 0. The summed E-state index contributed by atoms with van der Waals surface area (Å²) in [6.07, 6.45) is 5.68. The van der Waals surface area contributed by atoms with Crippen LogP contribution in [0, 0.1) is 5.92 Å². The third-order valence-corrected chi connectivity index (χ3v) is 1.94. The number of aromatic nitrogens is 1. The number of carbonyl (C=O) groups excluding carboxylic acids is 2. The van der Waals surface area contributed by atoms with Crippen LogP contribution in [-0.4, -0.2) is 16.7 Å². The van der Waals surface area contributed by atoms with Crippen LogP contribution in [0.25, 0.3) is 0 Å². The van der Waals surface area contributed by atoms with Crippen LogP contribution in [-0.2, 0) is 9.53 Å². The van der Waals surface area contributed by atoms with Gasteiger partial charge in [0.1, 0.15) is 5.92 Å². The quantitative estimate of drug-likeness (QED) is 0.395. The van der Waals surface area contributed by atoms with Crippen molar-refractivity contribution in [1.82, 2.24) is 4.98 Å². The lowest BCUT2D eigenvalue weighted by Crippen LogP contribution is -2.19. The van der Waals surface area contributed by atoms with Gasteiger partial charge in [0.15, 0.2) is 5.78 Å². The molecule has 1 aromatic rings. The second-order valence-corrected chi connectivity index (χ2v) is 2.85.